The lowest BCUT2D eigenvalue weighted by molar-refractivity contribution is -0.0750. The molecule has 0 bridgehead atoms. The van der Waals surface area contributed by atoms with E-state index in [4.69, 9.17) is 29.0 Å². The number of aromatic nitrogens is 3. The Kier molecular flexibility index (Phi) is 20.5. The van der Waals surface area contributed by atoms with Crippen LogP contribution in [0.3, 0.4) is 0 Å². The second-order valence-corrected chi connectivity index (χ2v) is 17.6. The zero-order valence-electron chi connectivity index (χ0n) is 35.8. The number of nitriles is 2. The minimum absolute atomic E-state index is 0.170. The predicted molar refractivity (Wildman–Crippen MR) is 228 cm³/mol. The van der Waals surface area contributed by atoms with Crippen molar-refractivity contribution in [2.24, 2.45) is 0 Å². The molecule has 5 N–H and O–H groups in total. The fraction of sp³-hybridized carbons (Fsp3) is 0.682. The summed E-state index contributed by atoms with van der Waals surface area (Å²) in [6, 6.07) is 11.9. The van der Waals surface area contributed by atoms with E-state index >= 15 is 0 Å². The van der Waals surface area contributed by atoms with Gasteiger partial charge < -0.3 is 35.1 Å². The van der Waals surface area contributed by atoms with Gasteiger partial charge in [0, 0.05) is 6.07 Å². The number of nitrogens with two attached hydrogens (primary N) is 1. The van der Waals surface area contributed by atoms with Gasteiger partial charge >= 0.3 is 7.82 Å². The van der Waals surface area contributed by atoms with E-state index in [9.17, 15) is 30.2 Å². The maximum atomic E-state index is 13.3. The molecule has 4 rings (SSSR count). The van der Waals surface area contributed by atoms with Gasteiger partial charge in [0.1, 0.15) is 66.5 Å². The largest absolute Gasteiger partial charge is 0.489 e. The first-order valence-electron chi connectivity index (χ1n) is 22.0. The van der Waals surface area contributed by atoms with E-state index in [-0.39, 0.29) is 24.2 Å². The number of aliphatic hydroxyl groups excluding tert-OH is 2. The van der Waals surface area contributed by atoms with Gasteiger partial charge in [-0.15, -0.1) is 0 Å². The van der Waals surface area contributed by atoms with Crippen molar-refractivity contribution in [3.05, 3.63) is 47.9 Å². The molecule has 1 fully saturated rings. The van der Waals surface area contributed by atoms with Crippen LogP contribution in [0.25, 0.3) is 5.52 Å². The van der Waals surface area contributed by atoms with Gasteiger partial charge in [-0.3, -0.25) is 9.05 Å². The van der Waals surface area contributed by atoms with Crippen LogP contribution in [0.2, 0.25) is 0 Å². The molecule has 1 unspecified atom stereocenters. The Hall–Kier alpha value is -3.79. The first-order valence-corrected chi connectivity index (χ1v) is 23.5. The second kappa shape index (κ2) is 25.2. The first-order chi connectivity index (χ1) is 28.9. The molecular formula is C44H67N6O9P. The summed E-state index contributed by atoms with van der Waals surface area (Å²) in [4.78, 5) is 14.7. The standard InChI is InChI=1S/C44H67N6O9P/c1-4-5-6-7-8-9-10-11-12-13-14-15-16-17-18-19-20-21-22-36(58-35-24-23-34(28-45)39(27-35)57-33(2)3)29-55-60(53,54)56-31-44(30-46)42(52)40(51)41(59-44)37-25-26-38-43(47)48-32-49-50(37)38/h23-27,32-33,36,40-42,51-52H,4-22,29,31H2,1-3H3,(H,53,54)(H2,47,48,49)/t36-,40+,41+,42+,44-/m1/s1. The molecule has 6 atom stereocenters. The van der Waals surface area contributed by atoms with Gasteiger partial charge in [0.15, 0.2) is 5.82 Å². The molecule has 0 aliphatic carbocycles. The molecule has 1 aliphatic rings. The third kappa shape index (κ3) is 15.0. The zero-order chi connectivity index (χ0) is 43.4. The topological polar surface area (TPSA) is 228 Å². The van der Waals surface area contributed by atoms with Gasteiger partial charge in [-0.2, -0.15) is 15.6 Å². The quantitative estimate of drug-likeness (QED) is 0.0362. The van der Waals surface area contributed by atoms with Crippen molar-refractivity contribution in [2.75, 3.05) is 18.9 Å². The SMILES string of the molecule is CCCCCCCCCCCCCCCCCCCC[C@H](COP(=O)(O)OC[C@@]1(C#N)O[C@@H](c2ccc3c(N)ncnn23)[C@H](O)[C@@H]1O)Oc1ccc(C#N)c(OC(C)C)c1. The molecule has 332 valence electrons. The van der Waals surface area contributed by atoms with Crippen molar-refractivity contribution in [3.8, 4) is 23.6 Å². The molecular weight excluding hydrogens is 787 g/mol. The van der Waals surface area contributed by atoms with Gasteiger partial charge in [0.25, 0.3) is 0 Å². The van der Waals surface area contributed by atoms with Crippen LogP contribution in [0, 0.1) is 22.7 Å². The third-order valence-corrected chi connectivity index (χ3v) is 11.9. The number of anilines is 1. The monoisotopic (exact) mass is 854 g/mol. The lowest BCUT2D eigenvalue weighted by atomic mass is 9.96. The number of nitrogens with zero attached hydrogens (tertiary/aromatic N) is 5. The highest BCUT2D eigenvalue weighted by Gasteiger charge is 2.57. The number of rotatable bonds is 30. The highest BCUT2D eigenvalue weighted by atomic mass is 31.2. The average molecular weight is 855 g/mol. The summed E-state index contributed by atoms with van der Waals surface area (Å²) in [5, 5.41) is 45.7. The van der Waals surface area contributed by atoms with E-state index < -0.39 is 44.4 Å². The Balaban J connectivity index is 1.25. The summed E-state index contributed by atoms with van der Waals surface area (Å²) in [5.74, 6) is 0.921. The Morgan fingerprint density at radius 2 is 1.48 bits per heavy atom. The number of unbranched alkanes of at least 4 members (excludes halogenated alkanes) is 17. The summed E-state index contributed by atoms with van der Waals surface area (Å²) < 4.78 is 43.2. The Labute approximate surface area is 355 Å². The number of aliphatic hydroxyl groups is 2. The first kappa shape index (κ1) is 48.9. The van der Waals surface area contributed by atoms with Crippen molar-refractivity contribution in [2.45, 2.75) is 179 Å². The van der Waals surface area contributed by atoms with E-state index in [1.807, 2.05) is 19.9 Å². The van der Waals surface area contributed by atoms with Crippen LogP contribution >= 0.6 is 7.82 Å². The number of nitrogen functional groups attached to an aromatic ring is 1. The van der Waals surface area contributed by atoms with Gasteiger partial charge in [-0.25, -0.2) is 14.1 Å². The molecule has 1 aromatic carbocycles. The minimum atomic E-state index is -4.86. The number of phosphoric acid groups is 1. The zero-order valence-corrected chi connectivity index (χ0v) is 36.6. The predicted octanol–water partition coefficient (Wildman–Crippen LogP) is 9.04. The van der Waals surface area contributed by atoms with E-state index in [1.54, 1.807) is 30.3 Å². The van der Waals surface area contributed by atoms with Crippen LogP contribution in [0.1, 0.15) is 160 Å². The highest BCUT2D eigenvalue weighted by Crippen LogP contribution is 2.48. The van der Waals surface area contributed by atoms with Crippen LogP contribution < -0.4 is 15.2 Å². The number of hydrogen-bond acceptors (Lipinski definition) is 13. The van der Waals surface area contributed by atoms with Gasteiger partial charge in [0.2, 0.25) is 5.60 Å². The van der Waals surface area contributed by atoms with Crippen molar-refractivity contribution in [1.29, 1.82) is 10.5 Å². The molecule has 2 aromatic heterocycles. The summed E-state index contributed by atoms with van der Waals surface area (Å²) in [5.41, 5.74) is 4.74. The van der Waals surface area contributed by atoms with E-state index in [2.05, 4.69) is 23.1 Å². The van der Waals surface area contributed by atoms with Gasteiger partial charge in [-0.05, 0) is 51.0 Å². The van der Waals surface area contributed by atoms with E-state index in [1.165, 1.54) is 101 Å². The van der Waals surface area contributed by atoms with Crippen molar-refractivity contribution >= 4 is 19.2 Å². The lowest BCUT2D eigenvalue weighted by Gasteiger charge is -2.26. The second-order valence-electron chi connectivity index (χ2n) is 16.2. The maximum Gasteiger partial charge on any atom is 0.472 e. The summed E-state index contributed by atoms with van der Waals surface area (Å²) >= 11 is 0. The third-order valence-electron chi connectivity index (χ3n) is 10.9. The molecule has 3 aromatic rings. The number of benzene rings is 1. The average Bonchev–Trinajstić information content (AvgIpc) is 3.77. The molecule has 0 saturated carbocycles. The molecule has 16 heteroatoms. The van der Waals surface area contributed by atoms with Crippen LogP contribution in [0.15, 0.2) is 36.7 Å². The van der Waals surface area contributed by atoms with Crippen LogP contribution in [0.4, 0.5) is 5.82 Å². The molecule has 15 nitrogen and oxygen atoms in total. The lowest BCUT2D eigenvalue weighted by Crippen LogP contribution is -2.45. The normalized spacial score (nSPS) is 20.5. The number of phosphoric ester groups is 1. The number of hydrogen-bond donors (Lipinski definition) is 4. The van der Waals surface area contributed by atoms with E-state index in [0.717, 1.165) is 25.7 Å². The molecule has 60 heavy (non-hydrogen) atoms. The molecule has 0 spiro atoms. The van der Waals surface area contributed by atoms with Crippen LogP contribution in [-0.4, -0.2) is 72.9 Å². The number of fused-ring (bicyclic) bond motifs is 1. The molecule has 0 amide bonds. The fourth-order valence-corrected chi connectivity index (χ4v) is 8.31. The Morgan fingerprint density at radius 1 is 0.883 bits per heavy atom. The summed E-state index contributed by atoms with van der Waals surface area (Å²) in [6.07, 6.45) is 18.7. The fourth-order valence-electron chi connectivity index (χ4n) is 7.53. The minimum Gasteiger partial charge on any atom is -0.489 e. The Bertz CT molecular complexity index is 1870. The van der Waals surface area contributed by atoms with Crippen LogP contribution in [-0.2, 0) is 18.3 Å². The van der Waals surface area contributed by atoms with Crippen molar-refractivity contribution in [3.63, 3.8) is 0 Å². The molecule has 3 heterocycles. The van der Waals surface area contributed by atoms with Gasteiger partial charge in [0.05, 0.1) is 24.0 Å². The number of ether oxygens (including phenoxy) is 3. The Morgan fingerprint density at radius 3 is 2.05 bits per heavy atom. The molecule has 1 saturated heterocycles. The maximum absolute atomic E-state index is 13.3. The van der Waals surface area contributed by atoms with Crippen molar-refractivity contribution in [1.82, 2.24) is 14.6 Å². The van der Waals surface area contributed by atoms with Crippen molar-refractivity contribution < 1.29 is 42.9 Å². The van der Waals surface area contributed by atoms with Crippen LogP contribution in [0.5, 0.6) is 11.5 Å². The van der Waals surface area contributed by atoms with E-state index in [0.29, 0.717) is 29.0 Å². The van der Waals surface area contributed by atoms with Gasteiger partial charge in [-0.1, -0.05) is 116 Å². The summed E-state index contributed by atoms with van der Waals surface area (Å²) in [6.45, 7) is 4.71. The highest BCUT2D eigenvalue weighted by molar-refractivity contribution is 7.47. The summed E-state index contributed by atoms with van der Waals surface area (Å²) in [7, 11) is -4.86. The smallest absolute Gasteiger partial charge is 0.472 e. The molecule has 1 aliphatic heterocycles. The molecule has 0 radical (unpaired) electrons.